The Labute approximate surface area is 137 Å². The van der Waals surface area contributed by atoms with Crippen LogP contribution in [0, 0.1) is 0 Å². The zero-order chi connectivity index (χ0) is 15.1. The third-order valence-electron chi connectivity index (χ3n) is 3.87. The summed E-state index contributed by atoms with van der Waals surface area (Å²) in [6.07, 6.45) is 4.32. The molecule has 22 heavy (non-hydrogen) atoms. The Hall–Kier alpha value is -1.91. The fraction of sp³-hybridized carbons (Fsp3) is 0.188. The molecule has 0 atom stereocenters. The van der Waals surface area contributed by atoms with E-state index < -0.39 is 0 Å². The average molecular weight is 331 g/mol. The first-order valence-corrected chi connectivity index (χ1v) is 7.76. The van der Waals surface area contributed by atoms with Crippen LogP contribution in [0.25, 0.3) is 10.9 Å². The highest BCUT2D eigenvalue weighted by atomic mass is 35.5. The molecule has 4 rings (SSSR count). The van der Waals surface area contributed by atoms with Crippen molar-refractivity contribution in [3.8, 4) is 0 Å². The van der Waals surface area contributed by atoms with Crippen molar-refractivity contribution in [3.05, 3.63) is 58.0 Å². The summed E-state index contributed by atoms with van der Waals surface area (Å²) in [6, 6.07) is 7.43. The Morgan fingerprint density at radius 3 is 2.73 bits per heavy atom. The zero-order valence-electron chi connectivity index (χ0n) is 11.6. The number of benzene rings is 1. The first-order chi connectivity index (χ1) is 10.7. The van der Waals surface area contributed by atoms with Crippen LogP contribution in [-0.2, 0) is 13.0 Å². The lowest BCUT2D eigenvalue weighted by atomic mass is 10.0. The van der Waals surface area contributed by atoms with Gasteiger partial charge in [0.2, 0.25) is 5.95 Å². The lowest BCUT2D eigenvalue weighted by molar-refractivity contribution is 0.695. The van der Waals surface area contributed by atoms with Crippen LogP contribution in [-0.4, -0.2) is 21.5 Å². The van der Waals surface area contributed by atoms with Crippen LogP contribution in [0.2, 0.25) is 10.0 Å². The van der Waals surface area contributed by atoms with Gasteiger partial charge in [0.15, 0.2) is 0 Å². The van der Waals surface area contributed by atoms with Crippen molar-refractivity contribution in [1.29, 1.82) is 0 Å². The molecule has 1 aliphatic heterocycles. The third kappa shape index (κ3) is 2.28. The minimum absolute atomic E-state index is 0.670. The van der Waals surface area contributed by atoms with E-state index in [1.807, 2.05) is 24.3 Å². The Bertz CT molecular complexity index is 852. The highest BCUT2D eigenvalue weighted by molar-refractivity contribution is 6.37. The number of pyridine rings is 1. The number of anilines is 1. The summed E-state index contributed by atoms with van der Waals surface area (Å²) in [4.78, 5) is 15.5. The van der Waals surface area contributed by atoms with Gasteiger partial charge in [0.1, 0.15) is 0 Å². The molecule has 3 aromatic rings. The summed E-state index contributed by atoms with van der Waals surface area (Å²) < 4.78 is 0. The van der Waals surface area contributed by atoms with Crippen LogP contribution in [0.1, 0.15) is 11.3 Å². The van der Waals surface area contributed by atoms with Gasteiger partial charge in [-0.1, -0.05) is 23.2 Å². The predicted molar refractivity (Wildman–Crippen MR) is 88.5 cm³/mol. The molecule has 0 radical (unpaired) electrons. The van der Waals surface area contributed by atoms with E-state index in [2.05, 4.69) is 14.9 Å². The molecule has 0 N–H and O–H groups in total. The molecule has 0 saturated carbocycles. The van der Waals surface area contributed by atoms with Crippen LogP contribution >= 0.6 is 23.2 Å². The van der Waals surface area contributed by atoms with Gasteiger partial charge < -0.3 is 4.90 Å². The minimum atomic E-state index is 0.670. The van der Waals surface area contributed by atoms with Crippen LogP contribution in [0.5, 0.6) is 0 Å². The van der Waals surface area contributed by atoms with Crippen molar-refractivity contribution in [2.45, 2.75) is 13.0 Å². The summed E-state index contributed by atoms with van der Waals surface area (Å²) in [5, 5.41) is 2.35. The normalized spacial score (nSPS) is 14.2. The summed E-state index contributed by atoms with van der Waals surface area (Å²) in [7, 11) is 0. The van der Waals surface area contributed by atoms with Crippen LogP contribution in [0.3, 0.4) is 0 Å². The van der Waals surface area contributed by atoms with Gasteiger partial charge in [-0.3, -0.25) is 4.98 Å². The van der Waals surface area contributed by atoms with E-state index >= 15 is 0 Å². The van der Waals surface area contributed by atoms with E-state index in [1.54, 1.807) is 12.4 Å². The molecular formula is C16H12Cl2N4. The lowest BCUT2D eigenvalue weighted by Crippen LogP contribution is -2.32. The summed E-state index contributed by atoms with van der Waals surface area (Å²) in [6.45, 7) is 1.50. The fourth-order valence-corrected chi connectivity index (χ4v) is 3.28. The van der Waals surface area contributed by atoms with E-state index in [-0.39, 0.29) is 0 Å². The molecule has 0 fully saturated rings. The largest absolute Gasteiger partial charge is 0.336 e. The van der Waals surface area contributed by atoms with Crippen molar-refractivity contribution in [2.24, 2.45) is 0 Å². The predicted octanol–water partition coefficient (Wildman–Crippen LogP) is 3.89. The van der Waals surface area contributed by atoms with Gasteiger partial charge in [0.25, 0.3) is 0 Å². The van der Waals surface area contributed by atoms with E-state index in [4.69, 9.17) is 28.2 Å². The molecule has 2 aromatic heterocycles. The Morgan fingerprint density at radius 2 is 1.91 bits per heavy atom. The van der Waals surface area contributed by atoms with Crippen molar-refractivity contribution in [1.82, 2.24) is 15.0 Å². The SMILES string of the molecule is Clc1ccc2c(Cl)c3c(nc2c1)CCN(c1ncccn1)C3. The fourth-order valence-electron chi connectivity index (χ4n) is 2.79. The van der Waals surface area contributed by atoms with E-state index in [1.165, 1.54) is 0 Å². The first kappa shape index (κ1) is 13.7. The number of hydrogen-bond acceptors (Lipinski definition) is 4. The standard InChI is InChI=1S/C16H12Cl2N4/c17-10-2-3-11-14(8-10)21-13-4-7-22(9-12(13)15(11)18)16-19-5-1-6-20-16/h1-3,5-6,8H,4,7,9H2. The van der Waals surface area contributed by atoms with Gasteiger partial charge in [-0.25, -0.2) is 9.97 Å². The topological polar surface area (TPSA) is 41.9 Å². The van der Waals surface area contributed by atoms with E-state index in [0.717, 1.165) is 46.1 Å². The summed E-state index contributed by atoms with van der Waals surface area (Å²) >= 11 is 12.7. The minimum Gasteiger partial charge on any atom is -0.336 e. The van der Waals surface area contributed by atoms with Crippen molar-refractivity contribution in [2.75, 3.05) is 11.4 Å². The lowest BCUT2D eigenvalue weighted by Gasteiger charge is -2.29. The second-order valence-corrected chi connectivity index (χ2v) is 6.05. The highest BCUT2D eigenvalue weighted by Crippen LogP contribution is 2.33. The van der Waals surface area contributed by atoms with Crippen LogP contribution in [0.15, 0.2) is 36.7 Å². The molecule has 0 unspecified atom stereocenters. The van der Waals surface area contributed by atoms with Crippen LogP contribution in [0.4, 0.5) is 5.95 Å². The Balaban J connectivity index is 1.80. The van der Waals surface area contributed by atoms with Gasteiger partial charge in [0, 0.05) is 53.6 Å². The molecule has 4 nitrogen and oxygen atoms in total. The number of aromatic nitrogens is 3. The quantitative estimate of drug-likeness (QED) is 0.678. The monoisotopic (exact) mass is 330 g/mol. The molecule has 0 aliphatic carbocycles. The van der Waals surface area contributed by atoms with Gasteiger partial charge in [-0.2, -0.15) is 0 Å². The van der Waals surface area contributed by atoms with Gasteiger partial charge in [-0.05, 0) is 24.3 Å². The molecule has 0 bridgehead atoms. The van der Waals surface area contributed by atoms with Gasteiger partial charge in [-0.15, -0.1) is 0 Å². The second-order valence-electron chi connectivity index (χ2n) is 5.23. The molecule has 1 aromatic carbocycles. The second kappa shape index (κ2) is 5.38. The maximum absolute atomic E-state index is 6.61. The molecule has 6 heteroatoms. The van der Waals surface area contributed by atoms with Gasteiger partial charge in [0.05, 0.1) is 10.5 Å². The number of nitrogens with zero attached hydrogens (tertiary/aromatic N) is 4. The van der Waals surface area contributed by atoms with Crippen molar-refractivity contribution < 1.29 is 0 Å². The average Bonchev–Trinajstić information content (AvgIpc) is 2.55. The number of fused-ring (bicyclic) bond motifs is 2. The molecule has 0 spiro atoms. The molecule has 3 heterocycles. The van der Waals surface area contributed by atoms with Crippen molar-refractivity contribution in [3.63, 3.8) is 0 Å². The third-order valence-corrected chi connectivity index (χ3v) is 4.53. The summed E-state index contributed by atoms with van der Waals surface area (Å²) in [5.41, 5.74) is 2.93. The molecule has 1 aliphatic rings. The zero-order valence-corrected chi connectivity index (χ0v) is 13.1. The highest BCUT2D eigenvalue weighted by Gasteiger charge is 2.23. The maximum atomic E-state index is 6.61. The Morgan fingerprint density at radius 1 is 1.09 bits per heavy atom. The number of hydrogen-bond donors (Lipinski definition) is 0. The maximum Gasteiger partial charge on any atom is 0.225 e. The Kier molecular flexibility index (Phi) is 3.36. The smallest absolute Gasteiger partial charge is 0.225 e. The molecule has 110 valence electrons. The molecular weight excluding hydrogens is 319 g/mol. The van der Waals surface area contributed by atoms with Crippen LogP contribution < -0.4 is 4.90 Å². The van der Waals surface area contributed by atoms with Gasteiger partial charge >= 0.3 is 0 Å². The summed E-state index contributed by atoms with van der Waals surface area (Å²) in [5.74, 6) is 0.723. The van der Waals surface area contributed by atoms with E-state index in [0.29, 0.717) is 11.6 Å². The number of halogens is 2. The van der Waals surface area contributed by atoms with Crippen molar-refractivity contribution >= 4 is 40.1 Å². The first-order valence-electron chi connectivity index (χ1n) is 7.01. The van der Waals surface area contributed by atoms with E-state index in [9.17, 15) is 0 Å². The molecule has 0 amide bonds. The molecule has 0 saturated heterocycles. The number of rotatable bonds is 1.